The minimum Gasteiger partial charge on any atom is -0.382 e. The van der Waals surface area contributed by atoms with Crippen LogP contribution in [0.15, 0.2) is 0 Å². The molecule has 1 saturated heterocycles. The SMILES string of the molecule is COCCOCCCN1CCN(CCCl)CC1. The summed E-state index contributed by atoms with van der Waals surface area (Å²) in [4.78, 5) is 4.93. The van der Waals surface area contributed by atoms with Crippen LogP contribution in [0.1, 0.15) is 6.42 Å². The van der Waals surface area contributed by atoms with E-state index >= 15 is 0 Å². The summed E-state index contributed by atoms with van der Waals surface area (Å²) in [6, 6.07) is 0. The molecule has 0 aromatic rings. The normalized spacial score (nSPS) is 18.7. The van der Waals surface area contributed by atoms with Crippen molar-refractivity contribution < 1.29 is 9.47 Å². The highest BCUT2D eigenvalue weighted by molar-refractivity contribution is 6.18. The minimum atomic E-state index is 0.692. The molecule has 0 aromatic carbocycles. The van der Waals surface area contributed by atoms with Gasteiger partial charge < -0.3 is 14.4 Å². The average molecular weight is 265 g/mol. The highest BCUT2D eigenvalue weighted by Gasteiger charge is 2.15. The molecule has 1 aliphatic heterocycles. The van der Waals surface area contributed by atoms with E-state index in [4.69, 9.17) is 21.1 Å². The molecule has 0 unspecified atom stereocenters. The van der Waals surface area contributed by atoms with Crippen LogP contribution in [-0.4, -0.2) is 81.9 Å². The first kappa shape index (κ1) is 15.2. The molecule has 5 heteroatoms. The first-order valence-electron chi connectivity index (χ1n) is 6.44. The molecule has 0 bridgehead atoms. The largest absolute Gasteiger partial charge is 0.382 e. The van der Waals surface area contributed by atoms with Crippen LogP contribution in [-0.2, 0) is 9.47 Å². The van der Waals surface area contributed by atoms with Gasteiger partial charge in [0.25, 0.3) is 0 Å². The molecule has 0 aliphatic carbocycles. The Hall–Kier alpha value is 0.130. The maximum absolute atomic E-state index is 5.73. The number of methoxy groups -OCH3 is 1. The monoisotopic (exact) mass is 264 g/mol. The summed E-state index contributed by atoms with van der Waals surface area (Å²) in [6.07, 6.45) is 1.11. The Bertz CT molecular complexity index is 176. The molecule has 0 amide bonds. The summed E-state index contributed by atoms with van der Waals surface area (Å²) in [7, 11) is 1.70. The van der Waals surface area contributed by atoms with E-state index in [-0.39, 0.29) is 0 Å². The Morgan fingerprint density at radius 3 is 2.18 bits per heavy atom. The third-order valence-electron chi connectivity index (χ3n) is 3.06. The predicted octanol–water partition coefficient (Wildman–Crippen LogP) is 0.896. The van der Waals surface area contributed by atoms with Crippen LogP contribution in [0.4, 0.5) is 0 Å². The maximum Gasteiger partial charge on any atom is 0.0700 e. The van der Waals surface area contributed by atoms with Crippen LogP contribution in [0.25, 0.3) is 0 Å². The van der Waals surface area contributed by atoms with E-state index < -0.39 is 0 Å². The summed E-state index contributed by atoms with van der Waals surface area (Å²) < 4.78 is 10.4. The van der Waals surface area contributed by atoms with Crippen molar-refractivity contribution in [2.45, 2.75) is 6.42 Å². The Balaban J connectivity index is 1.91. The fraction of sp³-hybridized carbons (Fsp3) is 1.00. The van der Waals surface area contributed by atoms with Crippen molar-refractivity contribution in [2.24, 2.45) is 0 Å². The number of nitrogens with zero attached hydrogens (tertiary/aromatic N) is 2. The molecule has 0 spiro atoms. The van der Waals surface area contributed by atoms with Crippen molar-refractivity contribution in [3.63, 3.8) is 0 Å². The molecule has 0 atom stereocenters. The fourth-order valence-corrected chi connectivity index (χ4v) is 2.23. The lowest BCUT2D eigenvalue weighted by atomic mass is 10.3. The van der Waals surface area contributed by atoms with Gasteiger partial charge in [0.05, 0.1) is 13.2 Å². The first-order valence-corrected chi connectivity index (χ1v) is 6.97. The zero-order valence-electron chi connectivity index (χ0n) is 10.9. The lowest BCUT2D eigenvalue weighted by molar-refractivity contribution is 0.0611. The van der Waals surface area contributed by atoms with Crippen molar-refractivity contribution in [1.82, 2.24) is 9.80 Å². The summed E-state index contributed by atoms with van der Waals surface area (Å²) in [5.41, 5.74) is 0. The second-order valence-corrected chi connectivity index (χ2v) is 4.71. The summed E-state index contributed by atoms with van der Waals surface area (Å²) in [5, 5.41) is 0. The third-order valence-corrected chi connectivity index (χ3v) is 3.23. The molecule has 1 rings (SSSR count). The van der Waals surface area contributed by atoms with Crippen molar-refractivity contribution >= 4 is 11.6 Å². The van der Waals surface area contributed by atoms with Gasteiger partial charge in [-0.25, -0.2) is 0 Å². The van der Waals surface area contributed by atoms with E-state index in [1.807, 2.05) is 0 Å². The smallest absolute Gasteiger partial charge is 0.0700 e. The second kappa shape index (κ2) is 10.1. The molecule has 1 aliphatic rings. The molecule has 102 valence electrons. The van der Waals surface area contributed by atoms with E-state index in [1.54, 1.807) is 7.11 Å². The van der Waals surface area contributed by atoms with Crippen molar-refractivity contribution in [1.29, 1.82) is 0 Å². The van der Waals surface area contributed by atoms with Crippen molar-refractivity contribution in [3.8, 4) is 0 Å². The van der Waals surface area contributed by atoms with Gasteiger partial charge in [-0.15, -0.1) is 11.6 Å². The van der Waals surface area contributed by atoms with Gasteiger partial charge in [0.2, 0.25) is 0 Å². The molecular weight excluding hydrogens is 240 g/mol. The lowest BCUT2D eigenvalue weighted by Gasteiger charge is -2.34. The Morgan fingerprint density at radius 2 is 1.59 bits per heavy atom. The standard InChI is InChI=1S/C12H25ClN2O2/c1-16-11-12-17-10-2-4-14-6-8-15(5-3-13)9-7-14/h2-12H2,1H3. The Kier molecular flexibility index (Phi) is 9.01. The maximum atomic E-state index is 5.73. The highest BCUT2D eigenvalue weighted by atomic mass is 35.5. The number of rotatable bonds is 9. The van der Waals surface area contributed by atoms with Crippen LogP contribution in [0, 0.1) is 0 Å². The topological polar surface area (TPSA) is 24.9 Å². The number of hydrogen-bond donors (Lipinski definition) is 0. The molecular formula is C12H25ClN2O2. The molecule has 1 fully saturated rings. The van der Waals surface area contributed by atoms with Gasteiger partial charge in [-0.1, -0.05) is 0 Å². The fourth-order valence-electron chi connectivity index (χ4n) is 1.99. The van der Waals surface area contributed by atoms with E-state index in [0.717, 1.165) is 58.2 Å². The van der Waals surface area contributed by atoms with Crippen LogP contribution in [0.2, 0.25) is 0 Å². The van der Waals surface area contributed by atoms with Gasteiger partial charge in [0.15, 0.2) is 0 Å². The predicted molar refractivity (Wildman–Crippen MR) is 70.9 cm³/mol. The number of piperazine rings is 1. The van der Waals surface area contributed by atoms with Crippen LogP contribution in [0.5, 0.6) is 0 Å². The molecule has 1 heterocycles. The zero-order chi connectivity index (χ0) is 12.3. The number of hydrogen-bond acceptors (Lipinski definition) is 4. The Morgan fingerprint density at radius 1 is 0.941 bits per heavy atom. The van der Waals surface area contributed by atoms with Gasteiger partial charge >= 0.3 is 0 Å². The van der Waals surface area contributed by atoms with Crippen molar-refractivity contribution in [3.05, 3.63) is 0 Å². The molecule has 0 N–H and O–H groups in total. The molecule has 4 nitrogen and oxygen atoms in total. The van der Waals surface area contributed by atoms with Gasteiger partial charge in [-0.05, 0) is 6.42 Å². The average Bonchev–Trinajstić information content (AvgIpc) is 2.36. The minimum absolute atomic E-state index is 0.692. The second-order valence-electron chi connectivity index (χ2n) is 4.33. The zero-order valence-corrected chi connectivity index (χ0v) is 11.6. The molecule has 0 aromatic heterocycles. The molecule has 17 heavy (non-hydrogen) atoms. The quantitative estimate of drug-likeness (QED) is 0.456. The van der Waals surface area contributed by atoms with Gasteiger partial charge in [0, 0.05) is 58.9 Å². The highest BCUT2D eigenvalue weighted by Crippen LogP contribution is 2.02. The summed E-state index contributed by atoms with van der Waals surface area (Å²) in [6.45, 7) is 9.03. The van der Waals surface area contributed by atoms with E-state index in [1.165, 1.54) is 0 Å². The molecule has 0 saturated carbocycles. The van der Waals surface area contributed by atoms with Gasteiger partial charge in [-0.3, -0.25) is 4.90 Å². The number of halogens is 1. The number of ether oxygens (including phenoxy) is 2. The first-order chi connectivity index (χ1) is 8.36. The van der Waals surface area contributed by atoms with Crippen LogP contribution in [0.3, 0.4) is 0 Å². The molecule has 0 radical (unpaired) electrons. The van der Waals surface area contributed by atoms with Crippen LogP contribution < -0.4 is 0 Å². The van der Waals surface area contributed by atoms with Gasteiger partial charge in [0.1, 0.15) is 0 Å². The van der Waals surface area contributed by atoms with E-state index in [2.05, 4.69) is 9.80 Å². The summed E-state index contributed by atoms with van der Waals surface area (Å²) in [5.74, 6) is 0.743. The number of alkyl halides is 1. The Labute approximate surface area is 110 Å². The third kappa shape index (κ3) is 7.21. The summed E-state index contributed by atoms with van der Waals surface area (Å²) >= 11 is 5.73. The van der Waals surface area contributed by atoms with Crippen LogP contribution >= 0.6 is 11.6 Å². The van der Waals surface area contributed by atoms with E-state index in [0.29, 0.717) is 13.2 Å². The van der Waals surface area contributed by atoms with Gasteiger partial charge in [-0.2, -0.15) is 0 Å². The van der Waals surface area contributed by atoms with E-state index in [9.17, 15) is 0 Å². The van der Waals surface area contributed by atoms with Crippen molar-refractivity contribution in [2.75, 3.05) is 72.1 Å². The lowest BCUT2D eigenvalue weighted by Crippen LogP contribution is -2.47.